The molecule has 1 aromatic heterocycles. The third-order valence-corrected chi connectivity index (χ3v) is 5.05. The maximum atomic E-state index is 3.71. The molecule has 3 heterocycles. The van der Waals surface area contributed by atoms with Crippen LogP contribution in [0.25, 0.3) is 0 Å². The van der Waals surface area contributed by atoms with Crippen molar-refractivity contribution in [2.24, 2.45) is 0 Å². The van der Waals surface area contributed by atoms with Crippen LogP contribution in [0.1, 0.15) is 36.1 Å². The minimum Gasteiger partial charge on any atom is -0.313 e. The fraction of sp³-hybridized carbons (Fsp3) is 0.714. The Bertz CT molecular complexity index is 353. The van der Waals surface area contributed by atoms with Crippen LogP contribution >= 0.6 is 11.3 Å². The lowest BCUT2D eigenvalue weighted by molar-refractivity contribution is 0.223. The topological polar surface area (TPSA) is 15.3 Å². The van der Waals surface area contributed by atoms with Crippen LogP contribution in [0.15, 0.2) is 11.4 Å². The van der Waals surface area contributed by atoms with Crippen LogP contribution in [0, 0.1) is 0 Å². The Morgan fingerprint density at radius 3 is 3.35 bits per heavy atom. The second-order valence-electron chi connectivity index (χ2n) is 5.35. The zero-order valence-electron chi connectivity index (χ0n) is 10.5. The summed E-state index contributed by atoms with van der Waals surface area (Å²) in [7, 11) is 0. The number of nitrogens with one attached hydrogen (secondary N) is 1. The highest BCUT2D eigenvalue weighted by Crippen LogP contribution is 2.24. The Morgan fingerprint density at radius 2 is 2.35 bits per heavy atom. The highest BCUT2D eigenvalue weighted by Gasteiger charge is 2.20. The maximum absolute atomic E-state index is 3.71. The Kier molecular flexibility index (Phi) is 3.79. The zero-order chi connectivity index (χ0) is 11.5. The second-order valence-corrected chi connectivity index (χ2v) is 6.36. The summed E-state index contributed by atoms with van der Waals surface area (Å²) < 4.78 is 0. The monoisotopic (exact) mass is 250 g/mol. The Balaban J connectivity index is 1.56. The summed E-state index contributed by atoms with van der Waals surface area (Å²) in [5, 5.41) is 5.96. The molecule has 3 heteroatoms. The van der Waals surface area contributed by atoms with E-state index < -0.39 is 0 Å². The molecule has 2 aliphatic heterocycles. The van der Waals surface area contributed by atoms with Gasteiger partial charge in [-0.05, 0) is 42.8 Å². The summed E-state index contributed by atoms with van der Waals surface area (Å²) in [4.78, 5) is 4.26. The lowest BCUT2D eigenvalue weighted by atomic mass is 10.1. The van der Waals surface area contributed by atoms with E-state index in [-0.39, 0.29) is 0 Å². The van der Waals surface area contributed by atoms with E-state index in [1.165, 1.54) is 58.3 Å². The normalized spacial score (nSPS) is 26.5. The van der Waals surface area contributed by atoms with Gasteiger partial charge in [0.2, 0.25) is 0 Å². The van der Waals surface area contributed by atoms with E-state index in [1.54, 1.807) is 10.4 Å². The molecule has 17 heavy (non-hydrogen) atoms. The number of nitrogens with zero attached hydrogens (tertiary/aromatic N) is 1. The second kappa shape index (κ2) is 5.51. The van der Waals surface area contributed by atoms with Crippen LogP contribution in [0.2, 0.25) is 0 Å². The summed E-state index contributed by atoms with van der Waals surface area (Å²) in [6.45, 7) is 4.90. The summed E-state index contributed by atoms with van der Waals surface area (Å²) in [6, 6.07) is 3.05. The van der Waals surface area contributed by atoms with Crippen molar-refractivity contribution >= 4 is 11.3 Å². The molecular weight excluding hydrogens is 228 g/mol. The quantitative estimate of drug-likeness (QED) is 0.868. The van der Waals surface area contributed by atoms with Crippen molar-refractivity contribution in [2.45, 2.75) is 44.7 Å². The van der Waals surface area contributed by atoms with Gasteiger partial charge in [0.15, 0.2) is 0 Å². The first kappa shape index (κ1) is 11.7. The molecule has 1 atom stereocenters. The average molecular weight is 250 g/mol. The van der Waals surface area contributed by atoms with Gasteiger partial charge in [-0.25, -0.2) is 0 Å². The lowest BCUT2D eigenvalue weighted by Crippen LogP contribution is -2.42. The molecule has 94 valence electrons. The van der Waals surface area contributed by atoms with E-state index in [9.17, 15) is 0 Å². The largest absolute Gasteiger partial charge is 0.313 e. The van der Waals surface area contributed by atoms with Crippen LogP contribution in [0.5, 0.6) is 0 Å². The van der Waals surface area contributed by atoms with Gasteiger partial charge in [-0.15, -0.1) is 11.3 Å². The third-order valence-electron chi connectivity index (χ3n) is 4.03. The van der Waals surface area contributed by atoms with E-state index in [4.69, 9.17) is 0 Å². The molecule has 0 bridgehead atoms. The molecule has 1 saturated heterocycles. The molecule has 1 unspecified atom stereocenters. The summed E-state index contributed by atoms with van der Waals surface area (Å²) in [6.07, 6.45) is 6.82. The van der Waals surface area contributed by atoms with Crippen molar-refractivity contribution in [3.05, 3.63) is 21.9 Å². The molecule has 0 aliphatic carbocycles. The molecule has 3 rings (SSSR count). The van der Waals surface area contributed by atoms with E-state index in [1.807, 2.05) is 11.3 Å². The number of hydrogen-bond donors (Lipinski definition) is 1. The highest BCUT2D eigenvalue weighted by atomic mass is 32.1. The van der Waals surface area contributed by atoms with E-state index >= 15 is 0 Å². The number of fused-ring (bicyclic) bond motifs is 1. The van der Waals surface area contributed by atoms with Gasteiger partial charge in [0.05, 0.1) is 0 Å². The first-order valence-electron chi connectivity index (χ1n) is 6.93. The first-order valence-corrected chi connectivity index (χ1v) is 7.81. The van der Waals surface area contributed by atoms with Crippen molar-refractivity contribution in [3.63, 3.8) is 0 Å². The highest BCUT2D eigenvalue weighted by molar-refractivity contribution is 7.10. The summed E-state index contributed by atoms with van der Waals surface area (Å²) >= 11 is 1.93. The molecule has 1 N–H and O–H groups in total. The van der Waals surface area contributed by atoms with Crippen LogP contribution in [-0.2, 0) is 13.0 Å². The molecule has 0 amide bonds. The lowest BCUT2D eigenvalue weighted by Gasteiger charge is -2.30. The van der Waals surface area contributed by atoms with Gasteiger partial charge in [-0.1, -0.05) is 12.8 Å². The predicted molar refractivity (Wildman–Crippen MR) is 73.6 cm³/mol. The molecule has 2 nitrogen and oxygen atoms in total. The van der Waals surface area contributed by atoms with Gasteiger partial charge in [0.1, 0.15) is 0 Å². The summed E-state index contributed by atoms with van der Waals surface area (Å²) in [5.74, 6) is 0. The molecule has 0 saturated carbocycles. The van der Waals surface area contributed by atoms with Gasteiger partial charge in [-0.2, -0.15) is 0 Å². The number of thiophene rings is 1. The Hall–Kier alpha value is -0.380. The summed E-state index contributed by atoms with van der Waals surface area (Å²) in [5.41, 5.74) is 1.58. The first-order chi connectivity index (χ1) is 8.42. The number of rotatable bonds is 2. The third kappa shape index (κ3) is 2.90. The molecular formula is C14H22N2S. The minimum atomic E-state index is 0.734. The SMILES string of the molecule is c1cc2c(s1)CCN(CC1CCCCCN1)C2. The Morgan fingerprint density at radius 1 is 1.35 bits per heavy atom. The predicted octanol–water partition coefficient (Wildman–Crippen LogP) is 2.64. The standard InChI is InChI=1S/C14H22N2S/c1-2-4-13(15-7-3-1)11-16-8-5-14-12(10-16)6-9-17-14/h6,9,13,15H,1-5,7-8,10-11H2. The minimum absolute atomic E-state index is 0.734. The maximum Gasteiger partial charge on any atom is 0.0245 e. The van der Waals surface area contributed by atoms with Crippen molar-refractivity contribution < 1.29 is 0 Å². The van der Waals surface area contributed by atoms with Crippen LogP contribution in [0.3, 0.4) is 0 Å². The van der Waals surface area contributed by atoms with Crippen molar-refractivity contribution in [1.29, 1.82) is 0 Å². The van der Waals surface area contributed by atoms with E-state index in [0.29, 0.717) is 0 Å². The van der Waals surface area contributed by atoms with Crippen LogP contribution in [0.4, 0.5) is 0 Å². The van der Waals surface area contributed by atoms with E-state index in [0.717, 1.165) is 6.04 Å². The van der Waals surface area contributed by atoms with E-state index in [2.05, 4.69) is 21.7 Å². The number of hydrogen-bond acceptors (Lipinski definition) is 3. The zero-order valence-corrected chi connectivity index (χ0v) is 11.3. The van der Waals surface area contributed by atoms with Gasteiger partial charge in [0.25, 0.3) is 0 Å². The van der Waals surface area contributed by atoms with Crippen molar-refractivity contribution in [1.82, 2.24) is 10.2 Å². The average Bonchev–Trinajstić information content (AvgIpc) is 2.65. The molecule has 0 radical (unpaired) electrons. The fourth-order valence-electron chi connectivity index (χ4n) is 3.03. The van der Waals surface area contributed by atoms with Crippen LogP contribution < -0.4 is 5.32 Å². The van der Waals surface area contributed by atoms with Crippen molar-refractivity contribution in [3.8, 4) is 0 Å². The van der Waals surface area contributed by atoms with Gasteiger partial charge < -0.3 is 5.32 Å². The molecule has 2 aliphatic rings. The van der Waals surface area contributed by atoms with Gasteiger partial charge in [0, 0.05) is 30.6 Å². The molecule has 0 spiro atoms. The van der Waals surface area contributed by atoms with Gasteiger partial charge >= 0.3 is 0 Å². The van der Waals surface area contributed by atoms with Gasteiger partial charge in [-0.3, -0.25) is 4.90 Å². The van der Waals surface area contributed by atoms with Crippen LogP contribution in [-0.4, -0.2) is 30.6 Å². The van der Waals surface area contributed by atoms with Crippen molar-refractivity contribution in [2.75, 3.05) is 19.6 Å². The fourth-order valence-corrected chi connectivity index (χ4v) is 3.92. The molecule has 0 aromatic carbocycles. The molecule has 1 aromatic rings. The Labute approximate surface area is 108 Å². The molecule has 1 fully saturated rings. The smallest absolute Gasteiger partial charge is 0.0245 e.